The maximum atomic E-state index is 12.1. The number of hydrogen-bond donors (Lipinski definition) is 3. The molecule has 194 valence electrons. The summed E-state index contributed by atoms with van der Waals surface area (Å²) in [7, 11) is 0. The summed E-state index contributed by atoms with van der Waals surface area (Å²) >= 11 is 1.50. The van der Waals surface area contributed by atoms with Gasteiger partial charge in [0.25, 0.3) is 0 Å². The molecule has 7 nitrogen and oxygen atoms in total. The largest absolute Gasteiger partial charge is 0.487 e. The summed E-state index contributed by atoms with van der Waals surface area (Å²) in [6.45, 7) is 1.47. The molecule has 0 spiro atoms. The van der Waals surface area contributed by atoms with Gasteiger partial charge in [0.1, 0.15) is 23.2 Å². The van der Waals surface area contributed by atoms with Crippen LogP contribution in [0.4, 0.5) is 0 Å². The van der Waals surface area contributed by atoms with Gasteiger partial charge >= 0.3 is 5.97 Å². The van der Waals surface area contributed by atoms with E-state index in [-0.39, 0.29) is 43.0 Å². The van der Waals surface area contributed by atoms with E-state index in [0.717, 1.165) is 29.7 Å². The number of carboxylic acids is 1. The number of benzene rings is 2. The molecule has 3 rings (SSSR count). The molecule has 36 heavy (non-hydrogen) atoms. The van der Waals surface area contributed by atoms with E-state index >= 15 is 0 Å². The maximum Gasteiger partial charge on any atom is 0.303 e. The molecule has 2 aromatic rings. The Morgan fingerprint density at radius 2 is 1.75 bits per heavy atom. The molecule has 0 aromatic heterocycles. The lowest BCUT2D eigenvalue weighted by atomic mass is 9.83. The van der Waals surface area contributed by atoms with Crippen molar-refractivity contribution in [2.24, 2.45) is 0 Å². The number of hydrogen-bond acceptors (Lipinski definition) is 7. The minimum absolute atomic E-state index is 0.00839. The number of rotatable bonds is 13. The van der Waals surface area contributed by atoms with E-state index in [0.29, 0.717) is 29.9 Å². The minimum atomic E-state index is -1.02. The van der Waals surface area contributed by atoms with Crippen LogP contribution in [0.25, 0.3) is 0 Å². The first-order valence-corrected chi connectivity index (χ1v) is 13.3. The second-order valence-corrected chi connectivity index (χ2v) is 10.4. The Morgan fingerprint density at radius 3 is 2.36 bits per heavy atom. The molecule has 3 atom stereocenters. The molecule has 3 N–H and O–H groups in total. The van der Waals surface area contributed by atoms with Crippen LogP contribution in [0.5, 0.6) is 5.75 Å². The standard InChI is InChI=1S/C28H34O7S/c1-19(30)24(15-17-29)20-5-9-22(10-6-20)35-26-4-2-3-16-28(26,34)18-36-23-11-7-21(8-12-23)25(31)13-14-27(32)33/h5-12,24,26,29,34H,2-4,13-18H2,1H3,(H,32,33). The van der Waals surface area contributed by atoms with Crippen LogP contribution in [0.15, 0.2) is 53.4 Å². The van der Waals surface area contributed by atoms with Crippen LogP contribution in [0, 0.1) is 0 Å². The van der Waals surface area contributed by atoms with Crippen LogP contribution in [-0.2, 0) is 9.59 Å². The van der Waals surface area contributed by atoms with Crippen molar-refractivity contribution in [2.45, 2.75) is 74.4 Å². The van der Waals surface area contributed by atoms with Gasteiger partial charge in [-0.1, -0.05) is 30.7 Å². The van der Waals surface area contributed by atoms with Crippen molar-refractivity contribution in [3.05, 3.63) is 59.7 Å². The Balaban J connectivity index is 1.61. The fraction of sp³-hybridized carbons (Fsp3) is 0.464. The summed E-state index contributed by atoms with van der Waals surface area (Å²) < 4.78 is 6.22. The van der Waals surface area contributed by atoms with E-state index in [1.54, 1.807) is 12.1 Å². The fourth-order valence-corrected chi connectivity index (χ4v) is 5.59. The van der Waals surface area contributed by atoms with Gasteiger partial charge in [-0.3, -0.25) is 14.4 Å². The highest BCUT2D eigenvalue weighted by Crippen LogP contribution is 2.36. The van der Waals surface area contributed by atoms with E-state index in [2.05, 4.69) is 0 Å². The number of ether oxygens (including phenoxy) is 1. The van der Waals surface area contributed by atoms with Gasteiger partial charge in [0, 0.05) is 35.2 Å². The van der Waals surface area contributed by atoms with Crippen LogP contribution in [-0.4, -0.2) is 56.9 Å². The summed E-state index contributed by atoms with van der Waals surface area (Å²) in [5.74, 6) is -0.467. The van der Waals surface area contributed by atoms with Crippen LogP contribution in [0.3, 0.4) is 0 Å². The average molecular weight is 515 g/mol. The van der Waals surface area contributed by atoms with Crippen molar-refractivity contribution in [3.8, 4) is 5.75 Å². The molecule has 1 saturated carbocycles. The highest BCUT2D eigenvalue weighted by Gasteiger charge is 2.40. The lowest BCUT2D eigenvalue weighted by Gasteiger charge is -2.39. The highest BCUT2D eigenvalue weighted by atomic mass is 32.2. The van der Waals surface area contributed by atoms with Gasteiger partial charge in [0.15, 0.2) is 5.78 Å². The van der Waals surface area contributed by atoms with Crippen molar-refractivity contribution in [2.75, 3.05) is 12.4 Å². The molecule has 1 aliphatic carbocycles. The Morgan fingerprint density at radius 1 is 1.06 bits per heavy atom. The number of carbonyl (C=O) groups is 3. The zero-order valence-electron chi connectivity index (χ0n) is 20.5. The Hall–Kier alpha value is -2.68. The SMILES string of the molecule is CC(=O)C(CCO)c1ccc(OC2CCCCC2(O)CSc2ccc(C(=O)CCC(=O)O)cc2)cc1. The smallest absolute Gasteiger partial charge is 0.303 e. The zero-order valence-corrected chi connectivity index (χ0v) is 21.3. The first-order valence-electron chi connectivity index (χ1n) is 12.3. The monoisotopic (exact) mass is 514 g/mol. The van der Waals surface area contributed by atoms with Crippen molar-refractivity contribution >= 4 is 29.3 Å². The first-order chi connectivity index (χ1) is 17.2. The molecule has 0 bridgehead atoms. The molecule has 1 aliphatic rings. The number of ketones is 2. The predicted molar refractivity (Wildman–Crippen MR) is 138 cm³/mol. The normalized spacial score (nSPS) is 20.5. The van der Waals surface area contributed by atoms with Gasteiger partial charge in [-0.15, -0.1) is 11.8 Å². The van der Waals surface area contributed by atoms with Gasteiger partial charge in [-0.25, -0.2) is 0 Å². The molecular weight excluding hydrogens is 480 g/mol. The minimum Gasteiger partial charge on any atom is -0.487 e. The third kappa shape index (κ3) is 7.66. The molecule has 8 heteroatoms. The topological polar surface area (TPSA) is 121 Å². The fourth-order valence-electron chi connectivity index (χ4n) is 4.51. The number of aliphatic hydroxyl groups excluding tert-OH is 1. The molecular formula is C28H34O7S. The molecule has 0 amide bonds. The second kappa shape index (κ2) is 13.0. The maximum absolute atomic E-state index is 12.1. The van der Waals surface area contributed by atoms with E-state index < -0.39 is 11.6 Å². The average Bonchev–Trinajstić information content (AvgIpc) is 2.87. The first kappa shape index (κ1) is 27.9. The lowest BCUT2D eigenvalue weighted by molar-refractivity contribution is -0.137. The summed E-state index contributed by atoms with van der Waals surface area (Å²) in [4.78, 5) is 35.6. The van der Waals surface area contributed by atoms with Gasteiger partial charge < -0.3 is 20.1 Å². The second-order valence-electron chi connectivity index (χ2n) is 9.33. The van der Waals surface area contributed by atoms with E-state index in [9.17, 15) is 24.6 Å². The van der Waals surface area contributed by atoms with Crippen LogP contribution in [0.2, 0.25) is 0 Å². The van der Waals surface area contributed by atoms with Crippen molar-refractivity contribution in [1.82, 2.24) is 0 Å². The van der Waals surface area contributed by atoms with Crippen molar-refractivity contribution in [3.63, 3.8) is 0 Å². The number of carboxylic acid groups (broad SMARTS) is 1. The number of aliphatic carboxylic acids is 1. The van der Waals surface area contributed by atoms with E-state index in [4.69, 9.17) is 9.84 Å². The number of Topliss-reactive ketones (excluding diaryl/α,β-unsaturated/α-hetero) is 2. The Kier molecular flexibility index (Phi) is 10.1. The lowest BCUT2D eigenvalue weighted by Crippen LogP contribution is -2.50. The van der Waals surface area contributed by atoms with Crippen LogP contribution in [0.1, 0.15) is 73.7 Å². The molecule has 0 aliphatic heterocycles. The molecule has 0 radical (unpaired) electrons. The van der Waals surface area contributed by atoms with Crippen LogP contribution >= 0.6 is 11.8 Å². The van der Waals surface area contributed by atoms with Gasteiger partial charge in [0.05, 0.1) is 6.42 Å². The number of aliphatic hydroxyl groups is 2. The Labute approximate surface area is 215 Å². The third-order valence-electron chi connectivity index (χ3n) is 6.63. The van der Waals surface area contributed by atoms with Crippen molar-refractivity contribution in [1.29, 1.82) is 0 Å². The number of thioether (sulfide) groups is 1. The van der Waals surface area contributed by atoms with Crippen LogP contribution < -0.4 is 4.74 Å². The van der Waals surface area contributed by atoms with E-state index in [1.165, 1.54) is 18.7 Å². The molecule has 0 heterocycles. The highest BCUT2D eigenvalue weighted by molar-refractivity contribution is 7.99. The van der Waals surface area contributed by atoms with Gasteiger partial charge in [-0.2, -0.15) is 0 Å². The summed E-state index contributed by atoms with van der Waals surface area (Å²) in [5.41, 5.74) is 0.298. The van der Waals surface area contributed by atoms with E-state index in [1.807, 2.05) is 36.4 Å². The molecule has 2 aromatic carbocycles. The predicted octanol–water partition coefficient (Wildman–Crippen LogP) is 4.63. The van der Waals surface area contributed by atoms with Crippen molar-refractivity contribution < 1.29 is 34.4 Å². The summed E-state index contributed by atoms with van der Waals surface area (Å²) in [6, 6.07) is 14.3. The quantitative estimate of drug-likeness (QED) is 0.261. The summed E-state index contributed by atoms with van der Waals surface area (Å²) in [5, 5.41) is 29.5. The van der Waals surface area contributed by atoms with Gasteiger partial charge in [0.2, 0.25) is 0 Å². The zero-order chi connectivity index (χ0) is 26.1. The third-order valence-corrected chi connectivity index (χ3v) is 7.88. The molecule has 0 saturated heterocycles. The summed E-state index contributed by atoms with van der Waals surface area (Å²) in [6.07, 6.45) is 3.02. The molecule has 1 fully saturated rings. The molecule has 3 unspecified atom stereocenters. The number of carbonyl (C=O) groups excluding carboxylic acids is 2. The Bertz CT molecular complexity index is 1030. The van der Waals surface area contributed by atoms with Gasteiger partial charge in [-0.05, 0) is 62.4 Å².